The highest BCUT2D eigenvalue weighted by atomic mass is 32.1. The molecule has 0 saturated carbocycles. The fourth-order valence-electron chi connectivity index (χ4n) is 1.90. The van der Waals surface area contributed by atoms with Crippen molar-refractivity contribution < 1.29 is 0 Å². The summed E-state index contributed by atoms with van der Waals surface area (Å²) in [5, 5.41) is 3.28. The number of nitrogen functional groups attached to an aromatic ring is 1. The number of aryl methyl sites for hydroxylation is 1. The lowest BCUT2D eigenvalue weighted by atomic mass is 10.2. The standard InChI is InChI=1S/C14H19N3S/c1-3-17(9-14-16-11(2)10-18-14)8-12-5-4-6-13(15)7-12/h4-7,10H,3,8-9,15H2,1-2H3. The van der Waals surface area contributed by atoms with Gasteiger partial charge in [-0.05, 0) is 31.2 Å². The second-order valence-electron chi connectivity index (χ2n) is 4.43. The van der Waals surface area contributed by atoms with Crippen LogP contribution in [0, 0.1) is 6.92 Å². The van der Waals surface area contributed by atoms with Crippen LogP contribution in [0.1, 0.15) is 23.2 Å². The summed E-state index contributed by atoms with van der Waals surface area (Å²) in [4.78, 5) is 6.88. The van der Waals surface area contributed by atoms with E-state index in [1.54, 1.807) is 11.3 Å². The van der Waals surface area contributed by atoms with Crippen LogP contribution in [-0.2, 0) is 13.1 Å². The summed E-state index contributed by atoms with van der Waals surface area (Å²) in [6.07, 6.45) is 0. The molecule has 0 aliphatic rings. The quantitative estimate of drug-likeness (QED) is 0.841. The summed E-state index contributed by atoms with van der Waals surface area (Å²) in [6.45, 7) is 7.04. The van der Waals surface area contributed by atoms with Crippen molar-refractivity contribution in [2.45, 2.75) is 26.9 Å². The van der Waals surface area contributed by atoms with Gasteiger partial charge in [0.15, 0.2) is 0 Å². The summed E-state index contributed by atoms with van der Waals surface area (Å²) >= 11 is 1.73. The maximum Gasteiger partial charge on any atom is 0.107 e. The second-order valence-corrected chi connectivity index (χ2v) is 5.37. The first kappa shape index (κ1) is 13.1. The van der Waals surface area contributed by atoms with E-state index in [-0.39, 0.29) is 0 Å². The predicted molar refractivity (Wildman–Crippen MR) is 77.5 cm³/mol. The van der Waals surface area contributed by atoms with Crippen molar-refractivity contribution in [1.82, 2.24) is 9.88 Å². The van der Waals surface area contributed by atoms with Crippen LogP contribution in [0.4, 0.5) is 5.69 Å². The van der Waals surface area contributed by atoms with Gasteiger partial charge in [-0.2, -0.15) is 0 Å². The summed E-state index contributed by atoms with van der Waals surface area (Å²) in [7, 11) is 0. The number of aromatic nitrogens is 1. The fourth-order valence-corrected chi connectivity index (χ4v) is 2.71. The van der Waals surface area contributed by atoms with Gasteiger partial charge in [0.2, 0.25) is 0 Å². The van der Waals surface area contributed by atoms with E-state index >= 15 is 0 Å². The van der Waals surface area contributed by atoms with Crippen molar-refractivity contribution in [2.24, 2.45) is 0 Å². The molecule has 0 unspecified atom stereocenters. The molecule has 0 atom stereocenters. The molecule has 96 valence electrons. The van der Waals surface area contributed by atoms with Gasteiger partial charge in [-0.1, -0.05) is 19.1 Å². The molecule has 0 spiro atoms. The Labute approximate surface area is 112 Å². The van der Waals surface area contributed by atoms with E-state index in [4.69, 9.17) is 5.73 Å². The lowest BCUT2D eigenvalue weighted by molar-refractivity contribution is 0.271. The van der Waals surface area contributed by atoms with E-state index in [9.17, 15) is 0 Å². The topological polar surface area (TPSA) is 42.1 Å². The summed E-state index contributed by atoms with van der Waals surface area (Å²) < 4.78 is 0. The van der Waals surface area contributed by atoms with Crippen LogP contribution in [0.25, 0.3) is 0 Å². The number of anilines is 1. The largest absolute Gasteiger partial charge is 0.399 e. The van der Waals surface area contributed by atoms with Gasteiger partial charge in [0.1, 0.15) is 5.01 Å². The number of thiazole rings is 1. The highest BCUT2D eigenvalue weighted by Gasteiger charge is 2.07. The third-order valence-electron chi connectivity index (χ3n) is 2.83. The van der Waals surface area contributed by atoms with E-state index in [0.717, 1.165) is 31.0 Å². The van der Waals surface area contributed by atoms with E-state index < -0.39 is 0 Å². The first-order valence-corrected chi connectivity index (χ1v) is 7.03. The predicted octanol–water partition coefficient (Wildman–Crippen LogP) is 3.06. The number of hydrogen-bond acceptors (Lipinski definition) is 4. The van der Waals surface area contributed by atoms with Crippen molar-refractivity contribution in [3.05, 3.63) is 45.9 Å². The Bertz CT molecular complexity index is 507. The van der Waals surface area contributed by atoms with Gasteiger partial charge >= 0.3 is 0 Å². The molecule has 2 N–H and O–H groups in total. The maximum absolute atomic E-state index is 5.80. The molecular weight excluding hydrogens is 242 g/mol. The molecule has 0 bridgehead atoms. The average molecular weight is 261 g/mol. The molecular formula is C14H19N3S. The average Bonchev–Trinajstić information content (AvgIpc) is 2.74. The number of hydrogen-bond donors (Lipinski definition) is 1. The zero-order valence-corrected chi connectivity index (χ0v) is 11.7. The SMILES string of the molecule is CCN(Cc1cccc(N)c1)Cc1nc(C)cs1. The highest BCUT2D eigenvalue weighted by Crippen LogP contribution is 2.15. The first-order valence-electron chi connectivity index (χ1n) is 6.15. The smallest absolute Gasteiger partial charge is 0.107 e. The summed E-state index contributed by atoms with van der Waals surface area (Å²) in [5.74, 6) is 0. The molecule has 2 aromatic rings. The minimum absolute atomic E-state index is 0.827. The Morgan fingerprint density at radius 1 is 1.33 bits per heavy atom. The molecule has 4 heteroatoms. The monoisotopic (exact) mass is 261 g/mol. The molecule has 1 heterocycles. The van der Waals surface area contributed by atoms with Crippen molar-refractivity contribution >= 4 is 17.0 Å². The number of nitrogens with two attached hydrogens (primary N) is 1. The van der Waals surface area contributed by atoms with Crippen LogP contribution < -0.4 is 5.73 Å². The molecule has 0 aliphatic heterocycles. The molecule has 18 heavy (non-hydrogen) atoms. The van der Waals surface area contributed by atoms with Crippen molar-refractivity contribution in [2.75, 3.05) is 12.3 Å². The van der Waals surface area contributed by atoms with Gasteiger partial charge in [-0.3, -0.25) is 4.90 Å². The third kappa shape index (κ3) is 3.55. The van der Waals surface area contributed by atoms with Gasteiger partial charge < -0.3 is 5.73 Å². The van der Waals surface area contributed by atoms with Crippen molar-refractivity contribution in [3.63, 3.8) is 0 Å². The Morgan fingerprint density at radius 3 is 2.78 bits per heavy atom. The van der Waals surface area contributed by atoms with E-state index in [1.165, 1.54) is 10.6 Å². The van der Waals surface area contributed by atoms with E-state index in [2.05, 4.69) is 28.3 Å². The normalized spacial score (nSPS) is 11.1. The van der Waals surface area contributed by atoms with Crippen LogP contribution in [-0.4, -0.2) is 16.4 Å². The lowest BCUT2D eigenvalue weighted by Gasteiger charge is -2.19. The molecule has 1 aromatic carbocycles. The fraction of sp³-hybridized carbons (Fsp3) is 0.357. The highest BCUT2D eigenvalue weighted by molar-refractivity contribution is 7.09. The van der Waals surface area contributed by atoms with Gasteiger partial charge in [0.25, 0.3) is 0 Å². The van der Waals surface area contributed by atoms with Crippen LogP contribution in [0.3, 0.4) is 0 Å². The Balaban J connectivity index is 2.01. The molecule has 3 nitrogen and oxygen atoms in total. The molecule has 0 fully saturated rings. The Kier molecular flexibility index (Phi) is 4.33. The Hall–Kier alpha value is -1.39. The molecule has 0 saturated heterocycles. The van der Waals surface area contributed by atoms with Crippen molar-refractivity contribution in [1.29, 1.82) is 0 Å². The molecule has 0 aliphatic carbocycles. The van der Waals surface area contributed by atoms with Gasteiger partial charge in [0, 0.05) is 23.3 Å². The van der Waals surface area contributed by atoms with E-state index in [0.29, 0.717) is 0 Å². The molecule has 0 amide bonds. The molecule has 0 radical (unpaired) electrons. The molecule has 2 rings (SSSR count). The Morgan fingerprint density at radius 2 is 2.17 bits per heavy atom. The van der Waals surface area contributed by atoms with E-state index in [1.807, 2.05) is 25.1 Å². The zero-order valence-electron chi connectivity index (χ0n) is 10.9. The lowest BCUT2D eigenvalue weighted by Crippen LogP contribution is -2.22. The first-order chi connectivity index (χ1) is 8.67. The minimum atomic E-state index is 0.827. The summed E-state index contributed by atoms with van der Waals surface area (Å²) in [5.41, 5.74) is 8.99. The van der Waals surface area contributed by atoms with Gasteiger partial charge in [-0.25, -0.2) is 4.98 Å². The third-order valence-corrected chi connectivity index (χ3v) is 3.78. The zero-order chi connectivity index (χ0) is 13.0. The van der Waals surface area contributed by atoms with Gasteiger partial charge in [0.05, 0.1) is 6.54 Å². The number of rotatable bonds is 5. The number of benzene rings is 1. The van der Waals surface area contributed by atoms with Crippen LogP contribution in [0.2, 0.25) is 0 Å². The molecule has 1 aromatic heterocycles. The minimum Gasteiger partial charge on any atom is -0.399 e. The maximum atomic E-state index is 5.80. The van der Waals surface area contributed by atoms with Crippen LogP contribution >= 0.6 is 11.3 Å². The number of nitrogens with zero attached hydrogens (tertiary/aromatic N) is 2. The van der Waals surface area contributed by atoms with Gasteiger partial charge in [-0.15, -0.1) is 11.3 Å². The van der Waals surface area contributed by atoms with Crippen molar-refractivity contribution in [3.8, 4) is 0 Å². The van der Waals surface area contributed by atoms with Crippen LogP contribution in [0.15, 0.2) is 29.6 Å². The summed E-state index contributed by atoms with van der Waals surface area (Å²) in [6, 6.07) is 8.08. The second kappa shape index (κ2) is 5.98. The van der Waals surface area contributed by atoms with Crippen LogP contribution in [0.5, 0.6) is 0 Å².